The summed E-state index contributed by atoms with van der Waals surface area (Å²) < 4.78 is 6.45. The smallest absolute Gasteiger partial charge is 0.228 e. The van der Waals surface area contributed by atoms with Crippen molar-refractivity contribution < 1.29 is 9.32 Å². The minimum Gasteiger partial charge on any atom is -0.339 e. The summed E-state index contributed by atoms with van der Waals surface area (Å²) in [5, 5.41) is 4.10. The number of halogens is 1. The van der Waals surface area contributed by atoms with E-state index < -0.39 is 0 Å². The van der Waals surface area contributed by atoms with Crippen molar-refractivity contribution in [2.75, 3.05) is 6.54 Å². The van der Waals surface area contributed by atoms with Gasteiger partial charge in [0.2, 0.25) is 17.6 Å². The van der Waals surface area contributed by atoms with E-state index in [2.05, 4.69) is 38.2 Å². The average Bonchev–Trinajstić information content (AvgIpc) is 3.44. The normalized spacial score (nSPS) is 14.2. The summed E-state index contributed by atoms with van der Waals surface area (Å²) in [6.07, 6.45) is 4.84. The molecule has 3 aromatic rings. The van der Waals surface area contributed by atoms with E-state index in [1.54, 1.807) is 0 Å². The lowest BCUT2D eigenvalue weighted by Gasteiger charge is -2.25. The molecule has 29 heavy (non-hydrogen) atoms. The van der Waals surface area contributed by atoms with E-state index in [1.165, 1.54) is 0 Å². The number of amides is 1. The molecule has 1 amide bonds. The highest BCUT2D eigenvalue weighted by molar-refractivity contribution is 9.10. The van der Waals surface area contributed by atoms with E-state index in [1.807, 2.05) is 47.4 Å². The number of benzene rings is 2. The molecule has 1 aliphatic carbocycles. The Bertz CT molecular complexity index is 934. The quantitative estimate of drug-likeness (QED) is 0.489. The largest absolute Gasteiger partial charge is 0.339 e. The zero-order chi connectivity index (χ0) is 20.1. The van der Waals surface area contributed by atoms with Crippen molar-refractivity contribution in [3.05, 3.63) is 70.5 Å². The summed E-state index contributed by atoms with van der Waals surface area (Å²) in [6, 6.07) is 17.9. The van der Waals surface area contributed by atoms with Crippen LogP contribution < -0.4 is 0 Å². The van der Waals surface area contributed by atoms with Gasteiger partial charge in [0.05, 0.1) is 0 Å². The maximum absolute atomic E-state index is 13.1. The second-order valence-corrected chi connectivity index (χ2v) is 8.41. The lowest BCUT2D eigenvalue weighted by molar-refractivity contribution is -0.136. The fraction of sp³-hybridized carbons (Fsp3) is 0.348. The summed E-state index contributed by atoms with van der Waals surface area (Å²) >= 11 is 3.43. The zero-order valence-corrected chi connectivity index (χ0v) is 17.8. The van der Waals surface area contributed by atoms with Gasteiger partial charge in [0.25, 0.3) is 0 Å². The first-order chi connectivity index (χ1) is 14.2. The van der Waals surface area contributed by atoms with Crippen molar-refractivity contribution >= 4 is 21.8 Å². The molecule has 0 unspecified atom stereocenters. The van der Waals surface area contributed by atoms with Crippen molar-refractivity contribution in [2.24, 2.45) is 5.92 Å². The van der Waals surface area contributed by atoms with Gasteiger partial charge in [-0.15, -0.1) is 0 Å². The molecule has 0 bridgehead atoms. The van der Waals surface area contributed by atoms with Crippen molar-refractivity contribution in [2.45, 2.75) is 38.6 Å². The molecule has 1 heterocycles. The van der Waals surface area contributed by atoms with Crippen LogP contribution in [0.15, 0.2) is 63.6 Å². The molecule has 4 rings (SSSR count). The lowest BCUT2D eigenvalue weighted by Crippen LogP contribution is -2.36. The molecule has 6 heteroatoms. The third-order valence-corrected chi connectivity index (χ3v) is 5.93. The van der Waals surface area contributed by atoms with Crippen LogP contribution in [0.2, 0.25) is 0 Å². The molecule has 0 saturated heterocycles. The summed E-state index contributed by atoms with van der Waals surface area (Å²) in [5.74, 6) is 1.53. The number of nitrogens with zero attached hydrogens (tertiary/aromatic N) is 3. The number of aromatic nitrogens is 2. The van der Waals surface area contributed by atoms with Crippen molar-refractivity contribution in [1.82, 2.24) is 15.0 Å². The number of rotatable bonds is 7. The van der Waals surface area contributed by atoms with Gasteiger partial charge in [0.15, 0.2) is 0 Å². The minimum absolute atomic E-state index is 0.153. The van der Waals surface area contributed by atoms with Crippen LogP contribution in [0.3, 0.4) is 0 Å². The Kier molecular flexibility index (Phi) is 6.39. The topological polar surface area (TPSA) is 59.2 Å². The SMILES string of the molecule is O=C(C1CCCC1)N(CCc1nc(-c2ccc(Br)cc2)no1)Cc1ccccc1. The third-order valence-electron chi connectivity index (χ3n) is 5.40. The van der Waals surface area contributed by atoms with Crippen LogP contribution in [0.4, 0.5) is 0 Å². The van der Waals surface area contributed by atoms with Crippen LogP contribution in [0, 0.1) is 5.92 Å². The molecule has 1 saturated carbocycles. The molecule has 0 N–H and O–H groups in total. The molecule has 0 aliphatic heterocycles. The summed E-state index contributed by atoms with van der Waals surface area (Å²) in [7, 11) is 0. The van der Waals surface area contributed by atoms with Gasteiger partial charge in [0.1, 0.15) is 0 Å². The lowest BCUT2D eigenvalue weighted by atomic mass is 10.1. The molecule has 150 valence electrons. The van der Waals surface area contributed by atoms with Gasteiger partial charge in [0, 0.05) is 35.5 Å². The Hall–Kier alpha value is -2.47. The van der Waals surface area contributed by atoms with Gasteiger partial charge in [-0.1, -0.05) is 64.3 Å². The Morgan fingerprint density at radius 2 is 1.79 bits per heavy atom. The highest BCUT2D eigenvalue weighted by Gasteiger charge is 2.27. The van der Waals surface area contributed by atoms with Gasteiger partial charge in [-0.25, -0.2) is 0 Å². The van der Waals surface area contributed by atoms with E-state index in [0.717, 1.165) is 41.3 Å². The van der Waals surface area contributed by atoms with E-state index >= 15 is 0 Å². The monoisotopic (exact) mass is 453 g/mol. The second kappa shape index (κ2) is 9.35. The van der Waals surface area contributed by atoms with E-state index in [9.17, 15) is 4.79 Å². The average molecular weight is 454 g/mol. The second-order valence-electron chi connectivity index (χ2n) is 7.50. The van der Waals surface area contributed by atoms with Gasteiger partial charge in [-0.05, 0) is 42.7 Å². The van der Waals surface area contributed by atoms with E-state index in [-0.39, 0.29) is 11.8 Å². The maximum Gasteiger partial charge on any atom is 0.228 e. The van der Waals surface area contributed by atoms with Crippen LogP contribution in [-0.2, 0) is 17.8 Å². The number of carbonyl (C=O) groups is 1. The van der Waals surface area contributed by atoms with Crippen molar-refractivity contribution in [3.8, 4) is 11.4 Å². The van der Waals surface area contributed by atoms with Crippen LogP contribution in [0.25, 0.3) is 11.4 Å². The van der Waals surface area contributed by atoms with Crippen LogP contribution in [-0.4, -0.2) is 27.5 Å². The predicted octanol–water partition coefficient (Wildman–Crippen LogP) is 5.26. The van der Waals surface area contributed by atoms with E-state index in [0.29, 0.717) is 31.2 Å². The molecule has 0 radical (unpaired) electrons. The van der Waals surface area contributed by atoms with Crippen molar-refractivity contribution in [3.63, 3.8) is 0 Å². The van der Waals surface area contributed by atoms with Gasteiger partial charge < -0.3 is 9.42 Å². The number of carbonyl (C=O) groups excluding carboxylic acids is 1. The zero-order valence-electron chi connectivity index (χ0n) is 16.3. The van der Waals surface area contributed by atoms with Gasteiger partial charge >= 0.3 is 0 Å². The highest BCUT2D eigenvalue weighted by Crippen LogP contribution is 2.27. The standard InChI is InChI=1S/C23H24BrN3O2/c24-20-12-10-18(11-13-20)22-25-21(29-26-22)14-15-27(16-17-6-2-1-3-7-17)23(28)19-8-4-5-9-19/h1-3,6-7,10-13,19H,4-5,8-9,14-16H2. The van der Waals surface area contributed by atoms with Crippen LogP contribution in [0.1, 0.15) is 37.1 Å². The molecule has 2 aromatic carbocycles. The van der Waals surface area contributed by atoms with Gasteiger partial charge in [-0.3, -0.25) is 4.79 Å². The summed E-state index contributed by atoms with van der Waals surface area (Å²) in [4.78, 5) is 19.6. The molecule has 1 aromatic heterocycles. The first-order valence-electron chi connectivity index (χ1n) is 10.1. The highest BCUT2D eigenvalue weighted by atomic mass is 79.9. The third kappa shape index (κ3) is 5.12. The maximum atomic E-state index is 13.1. The molecule has 5 nitrogen and oxygen atoms in total. The summed E-state index contributed by atoms with van der Waals surface area (Å²) in [5.41, 5.74) is 2.05. The minimum atomic E-state index is 0.153. The van der Waals surface area contributed by atoms with Gasteiger partial charge in [-0.2, -0.15) is 4.98 Å². The fourth-order valence-corrected chi connectivity index (χ4v) is 4.07. The van der Waals surface area contributed by atoms with Crippen LogP contribution in [0.5, 0.6) is 0 Å². The predicted molar refractivity (Wildman–Crippen MR) is 115 cm³/mol. The van der Waals surface area contributed by atoms with Crippen molar-refractivity contribution in [1.29, 1.82) is 0 Å². The Labute approximate surface area is 179 Å². The molecular formula is C23H24BrN3O2. The van der Waals surface area contributed by atoms with Crippen LogP contribution >= 0.6 is 15.9 Å². The first kappa shape index (κ1) is 19.8. The molecular weight excluding hydrogens is 430 g/mol. The first-order valence-corrected chi connectivity index (χ1v) is 10.9. The van der Waals surface area contributed by atoms with E-state index in [4.69, 9.17) is 4.52 Å². The molecule has 0 spiro atoms. The number of hydrogen-bond acceptors (Lipinski definition) is 4. The molecule has 0 atom stereocenters. The number of hydrogen-bond donors (Lipinski definition) is 0. The Morgan fingerprint density at radius 3 is 2.52 bits per heavy atom. The fourth-order valence-electron chi connectivity index (χ4n) is 3.81. The summed E-state index contributed by atoms with van der Waals surface area (Å²) in [6.45, 7) is 1.19. The Balaban J connectivity index is 1.44. The molecule has 1 fully saturated rings. The Morgan fingerprint density at radius 1 is 1.07 bits per heavy atom. The molecule has 1 aliphatic rings.